The van der Waals surface area contributed by atoms with Crippen molar-refractivity contribution in [1.29, 1.82) is 0 Å². The Morgan fingerprint density at radius 2 is 1.90 bits per heavy atom. The minimum Gasteiger partial charge on any atom is -0.362 e. The van der Waals surface area contributed by atoms with Crippen molar-refractivity contribution in [3.63, 3.8) is 0 Å². The molecule has 1 atom stereocenters. The maximum atomic E-state index is 13.0. The number of hydrogen-bond donors (Lipinski definition) is 0. The van der Waals surface area contributed by atoms with Crippen LogP contribution >= 0.6 is 0 Å². The number of carbonyl (C=O) groups excluding carboxylic acids is 2. The van der Waals surface area contributed by atoms with Gasteiger partial charge >= 0.3 is 0 Å². The average Bonchev–Trinajstić information content (AvgIpc) is 2.89. The summed E-state index contributed by atoms with van der Waals surface area (Å²) in [5.74, 6) is 0.843. The summed E-state index contributed by atoms with van der Waals surface area (Å²) in [4.78, 5) is 31.7. The van der Waals surface area contributed by atoms with Crippen molar-refractivity contribution in [1.82, 2.24) is 14.7 Å². The molecule has 2 amide bonds. The number of piperidine rings is 1. The quantitative estimate of drug-likeness (QED) is 0.711. The van der Waals surface area contributed by atoms with Crippen molar-refractivity contribution in [3.8, 4) is 0 Å². The molecule has 3 aliphatic heterocycles. The zero-order valence-electron chi connectivity index (χ0n) is 18.0. The van der Waals surface area contributed by atoms with Crippen LogP contribution in [0.25, 0.3) is 0 Å². The van der Waals surface area contributed by atoms with E-state index >= 15 is 0 Å². The van der Waals surface area contributed by atoms with Crippen LogP contribution in [0.3, 0.4) is 0 Å². The molecule has 1 unspecified atom stereocenters. The molecule has 30 heavy (non-hydrogen) atoms. The molecule has 162 valence electrons. The third-order valence-electron chi connectivity index (χ3n) is 6.69. The van der Waals surface area contributed by atoms with Gasteiger partial charge in [-0.25, -0.2) is 0 Å². The maximum Gasteiger partial charge on any atom is 0.256 e. The van der Waals surface area contributed by atoms with Crippen LogP contribution in [0.15, 0.2) is 42.5 Å². The predicted octanol–water partition coefficient (Wildman–Crippen LogP) is 1.96. The number of ether oxygens (including phenoxy) is 1. The van der Waals surface area contributed by atoms with Gasteiger partial charge in [-0.3, -0.25) is 14.5 Å². The lowest BCUT2D eigenvalue weighted by atomic mass is 9.90. The number of likely N-dealkylation sites (tertiary alicyclic amines) is 1. The van der Waals surface area contributed by atoms with E-state index in [0.29, 0.717) is 45.1 Å². The number of rotatable bonds is 4. The molecule has 1 aromatic carbocycles. The molecule has 0 aliphatic carbocycles. The fourth-order valence-corrected chi connectivity index (χ4v) is 4.89. The second-order valence-corrected chi connectivity index (χ2v) is 8.93. The lowest BCUT2D eigenvalue weighted by molar-refractivity contribution is -0.169. The van der Waals surface area contributed by atoms with Crippen LogP contribution in [0.5, 0.6) is 0 Å². The van der Waals surface area contributed by atoms with Crippen molar-refractivity contribution in [2.45, 2.75) is 31.3 Å². The van der Waals surface area contributed by atoms with Gasteiger partial charge in [0, 0.05) is 46.2 Å². The Balaban J connectivity index is 1.29. The molecule has 0 aromatic heterocycles. The Morgan fingerprint density at radius 1 is 1.13 bits per heavy atom. The second-order valence-electron chi connectivity index (χ2n) is 8.93. The average molecular weight is 412 g/mol. The fourth-order valence-electron chi connectivity index (χ4n) is 4.89. The van der Waals surface area contributed by atoms with E-state index in [1.165, 1.54) is 5.56 Å². The molecule has 1 spiro atoms. The van der Waals surface area contributed by atoms with Crippen LogP contribution in [0, 0.1) is 5.92 Å². The molecule has 3 heterocycles. The zero-order chi connectivity index (χ0) is 21.0. The molecule has 3 aliphatic rings. The molecule has 6 heteroatoms. The van der Waals surface area contributed by atoms with Gasteiger partial charge in [-0.1, -0.05) is 42.5 Å². The first-order valence-corrected chi connectivity index (χ1v) is 11.1. The number of benzene rings is 1. The molecule has 1 aromatic rings. The maximum absolute atomic E-state index is 13.0. The van der Waals surface area contributed by atoms with Gasteiger partial charge in [-0.2, -0.15) is 0 Å². The smallest absolute Gasteiger partial charge is 0.256 e. The number of nitrogens with zero attached hydrogens (tertiary/aromatic N) is 3. The highest BCUT2D eigenvalue weighted by atomic mass is 16.5. The van der Waals surface area contributed by atoms with E-state index in [4.69, 9.17) is 4.74 Å². The summed E-state index contributed by atoms with van der Waals surface area (Å²) in [6.45, 7) is 4.30. The largest absolute Gasteiger partial charge is 0.362 e. The molecular formula is C24H33N3O3. The van der Waals surface area contributed by atoms with Crippen molar-refractivity contribution >= 4 is 11.8 Å². The normalized spacial score (nSPS) is 26.2. The van der Waals surface area contributed by atoms with Crippen LogP contribution in [-0.2, 0) is 20.7 Å². The summed E-state index contributed by atoms with van der Waals surface area (Å²) in [6.07, 6.45) is 7.83. The first-order valence-electron chi connectivity index (χ1n) is 11.1. The third kappa shape index (κ3) is 4.76. The van der Waals surface area contributed by atoms with Crippen LogP contribution < -0.4 is 0 Å². The van der Waals surface area contributed by atoms with E-state index in [1.54, 1.807) is 4.90 Å². The van der Waals surface area contributed by atoms with E-state index in [1.807, 2.05) is 24.1 Å². The van der Waals surface area contributed by atoms with Gasteiger partial charge in [-0.05, 0) is 30.7 Å². The molecule has 0 N–H and O–H groups in total. The van der Waals surface area contributed by atoms with Gasteiger partial charge in [0.25, 0.3) is 5.91 Å². The Labute approximate surface area is 179 Å². The first kappa shape index (κ1) is 21.1. The topological polar surface area (TPSA) is 53.1 Å². The van der Waals surface area contributed by atoms with Gasteiger partial charge in [0.05, 0.1) is 13.2 Å². The van der Waals surface area contributed by atoms with Crippen molar-refractivity contribution in [2.75, 3.05) is 52.9 Å². The van der Waals surface area contributed by atoms with Crippen LogP contribution in [0.4, 0.5) is 0 Å². The second kappa shape index (κ2) is 9.31. The highest BCUT2D eigenvalue weighted by molar-refractivity contribution is 5.86. The minimum atomic E-state index is -0.844. The van der Waals surface area contributed by atoms with Crippen LogP contribution in [0.1, 0.15) is 24.8 Å². The zero-order valence-corrected chi connectivity index (χ0v) is 18.0. The highest BCUT2D eigenvalue weighted by Gasteiger charge is 2.45. The van der Waals surface area contributed by atoms with Gasteiger partial charge in [0.15, 0.2) is 5.60 Å². The number of likely N-dealkylation sites (N-methyl/N-ethyl adjacent to an activating group) is 1. The van der Waals surface area contributed by atoms with E-state index in [-0.39, 0.29) is 11.8 Å². The summed E-state index contributed by atoms with van der Waals surface area (Å²) in [5, 5.41) is 0. The molecule has 0 bridgehead atoms. The van der Waals surface area contributed by atoms with E-state index < -0.39 is 5.60 Å². The summed E-state index contributed by atoms with van der Waals surface area (Å²) in [5.41, 5.74) is 0.538. The van der Waals surface area contributed by atoms with Crippen LogP contribution in [0.2, 0.25) is 0 Å². The van der Waals surface area contributed by atoms with Crippen molar-refractivity contribution in [3.05, 3.63) is 48.0 Å². The Morgan fingerprint density at radius 3 is 2.67 bits per heavy atom. The predicted molar refractivity (Wildman–Crippen MR) is 116 cm³/mol. The SMILES string of the molecule is CN1CC=CCC2(CN(CC(=O)N3CCC(Cc4ccccc4)CC3)CCO2)C1=O. The summed E-state index contributed by atoms with van der Waals surface area (Å²) in [7, 11) is 1.81. The molecule has 2 fully saturated rings. The Bertz CT molecular complexity index is 773. The molecule has 0 saturated carbocycles. The minimum absolute atomic E-state index is 0.0198. The Hall–Kier alpha value is -2.18. The number of morpholine rings is 1. The van der Waals surface area contributed by atoms with E-state index in [9.17, 15) is 9.59 Å². The van der Waals surface area contributed by atoms with Gasteiger partial charge < -0.3 is 14.5 Å². The van der Waals surface area contributed by atoms with Crippen LogP contribution in [-0.4, -0.2) is 85.0 Å². The summed E-state index contributed by atoms with van der Waals surface area (Å²) >= 11 is 0. The lowest BCUT2D eigenvalue weighted by Gasteiger charge is -2.42. The van der Waals surface area contributed by atoms with E-state index in [2.05, 4.69) is 35.2 Å². The fraction of sp³-hybridized carbons (Fsp3) is 0.583. The van der Waals surface area contributed by atoms with Crippen molar-refractivity contribution < 1.29 is 14.3 Å². The number of carbonyl (C=O) groups is 2. The number of hydrogen-bond acceptors (Lipinski definition) is 4. The van der Waals surface area contributed by atoms with E-state index in [0.717, 1.165) is 32.4 Å². The molecule has 0 radical (unpaired) electrons. The molecule has 2 saturated heterocycles. The first-order chi connectivity index (χ1) is 14.6. The van der Waals surface area contributed by atoms with Gasteiger partial charge in [0.1, 0.15) is 0 Å². The summed E-state index contributed by atoms with van der Waals surface area (Å²) in [6, 6.07) is 10.6. The van der Waals surface area contributed by atoms with Crippen molar-refractivity contribution in [2.24, 2.45) is 5.92 Å². The lowest BCUT2D eigenvalue weighted by Crippen LogP contribution is -2.60. The molecule has 6 nitrogen and oxygen atoms in total. The third-order valence-corrected chi connectivity index (χ3v) is 6.69. The Kier molecular flexibility index (Phi) is 6.54. The molecular weight excluding hydrogens is 378 g/mol. The van der Waals surface area contributed by atoms with Gasteiger partial charge in [0.2, 0.25) is 5.91 Å². The monoisotopic (exact) mass is 411 g/mol. The highest BCUT2D eigenvalue weighted by Crippen LogP contribution is 2.27. The molecule has 4 rings (SSSR count). The summed E-state index contributed by atoms with van der Waals surface area (Å²) < 4.78 is 5.99. The van der Waals surface area contributed by atoms with Gasteiger partial charge in [-0.15, -0.1) is 0 Å². The standard InChI is InChI=1S/C24H33N3O3/c1-25-12-6-5-11-24(23(25)29)19-26(15-16-30-24)18-22(28)27-13-9-21(10-14-27)17-20-7-3-2-4-8-20/h2-8,21H,9-19H2,1H3. The number of amides is 2.